The Morgan fingerprint density at radius 2 is 1.96 bits per heavy atom. The highest BCUT2D eigenvalue weighted by molar-refractivity contribution is 7.92. The number of nitriles is 1. The quantitative estimate of drug-likeness (QED) is 0.794. The van der Waals surface area contributed by atoms with E-state index in [2.05, 4.69) is 10.2 Å². The third kappa shape index (κ3) is 3.27. The molecular formula is C16H13N3O4S. The summed E-state index contributed by atoms with van der Waals surface area (Å²) in [5.74, 6) is 0.689. The molecule has 0 saturated carbocycles. The highest BCUT2D eigenvalue weighted by Crippen LogP contribution is 2.28. The summed E-state index contributed by atoms with van der Waals surface area (Å²) >= 11 is 0. The molecule has 0 aliphatic carbocycles. The fraction of sp³-hybridized carbons (Fsp3) is 0.188. The minimum absolute atomic E-state index is 0.0303. The number of ether oxygens (including phenoxy) is 2. The van der Waals surface area contributed by atoms with Gasteiger partial charge in [-0.1, -0.05) is 18.2 Å². The Kier molecular flexibility index (Phi) is 4.55. The van der Waals surface area contributed by atoms with Crippen LogP contribution in [0.3, 0.4) is 0 Å². The van der Waals surface area contributed by atoms with Crippen molar-refractivity contribution in [3.63, 3.8) is 0 Å². The summed E-state index contributed by atoms with van der Waals surface area (Å²) in [7, 11) is -3.91. The molecule has 1 atom stereocenters. The lowest BCUT2D eigenvalue weighted by atomic mass is 10.2. The van der Waals surface area contributed by atoms with E-state index in [9.17, 15) is 13.7 Å². The predicted octanol–water partition coefficient (Wildman–Crippen LogP) is 2.96. The van der Waals surface area contributed by atoms with Gasteiger partial charge in [-0.25, -0.2) is 8.42 Å². The number of hydrogen-bond acceptors (Lipinski definition) is 7. The second-order valence-electron chi connectivity index (χ2n) is 4.96. The molecule has 1 aliphatic heterocycles. The third-order valence-corrected chi connectivity index (χ3v) is 5.07. The number of nitrogens with zero attached hydrogens (tertiary/aromatic N) is 3. The lowest BCUT2D eigenvalue weighted by Crippen LogP contribution is -2.16. The van der Waals surface area contributed by atoms with Gasteiger partial charge in [0.2, 0.25) is 9.84 Å². The van der Waals surface area contributed by atoms with Crippen LogP contribution < -0.4 is 4.74 Å². The summed E-state index contributed by atoms with van der Waals surface area (Å²) in [5.41, 5.74) is 1.21. The Morgan fingerprint density at radius 1 is 1.17 bits per heavy atom. The van der Waals surface area contributed by atoms with E-state index in [1.807, 2.05) is 0 Å². The van der Waals surface area contributed by atoms with Crippen LogP contribution in [0.15, 0.2) is 63.7 Å². The number of sulfone groups is 1. The topological polar surface area (TPSA) is 101 Å². The molecule has 0 N–H and O–H groups in total. The Balaban J connectivity index is 1.86. The maximum atomic E-state index is 12.4. The van der Waals surface area contributed by atoms with Crippen LogP contribution in [0.1, 0.15) is 5.56 Å². The number of azo groups is 1. The Hall–Kier alpha value is -2.76. The lowest BCUT2D eigenvalue weighted by Gasteiger charge is -2.17. The lowest BCUT2D eigenvalue weighted by molar-refractivity contribution is -0.0163. The Morgan fingerprint density at radius 3 is 2.71 bits per heavy atom. The van der Waals surface area contributed by atoms with Crippen molar-refractivity contribution in [3.05, 3.63) is 54.1 Å². The summed E-state index contributed by atoms with van der Waals surface area (Å²) < 4.78 is 35.3. The van der Waals surface area contributed by atoms with Crippen LogP contribution in [0.25, 0.3) is 0 Å². The molecule has 1 aliphatic rings. The van der Waals surface area contributed by atoms with E-state index in [0.717, 1.165) is 5.56 Å². The monoisotopic (exact) mass is 343 g/mol. The fourth-order valence-corrected chi connectivity index (χ4v) is 3.26. The number of fused-ring (bicyclic) bond motifs is 1. The van der Waals surface area contributed by atoms with Crippen LogP contribution in [-0.2, 0) is 21.2 Å². The highest BCUT2D eigenvalue weighted by atomic mass is 32.2. The maximum Gasteiger partial charge on any atom is 0.261 e. The van der Waals surface area contributed by atoms with Gasteiger partial charge in [0.05, 0.1) is 17.2 Å². The molecule has 0 fully saturated rings. The zero-order chi connectivity index (χ0) is 17.0. The molecule has 0 radical (unpaired) electrons. The maximum absolute atomic E-state index is 12.4. The fourth-order valence-electron chi connectivity index (χ4n) is 2.15. The molecule has 0 spiro atoms. The van der Waals surface area contributed by atoms with Crippen molar-refractivity contribution in [3.8, 4) is 11.8 Å². The molecule has 0 bridgehead atoms. The summed E-state index contributed by atoms with van der Waals surface area (Å²) in [6, 6.07) is 14.4. The second-order valence-corrected chi connectivity index (χ2v) is 6.97. The summed E-state index contributed by atoms with van der Waals surface area (Å²) in [6.45, 7) is 0.572. The van der Waals surface area contributed by atoms with Crippen molar-refractivity contribution in [2.24, 2.45) is 10.2 Å². The van der Waals surface area contributed by atoms with Gasteiger partial charge in [-0.15, -0.1) is 0 Å². The molecule has 1 heterocycles. The van der Waals surface area contributed by atoms with E-state index in [4.69, 9.17) is 9.47 Å². The first-order chi connectivity index (χ1) is 11.6. The van der Waals surface area contributed by atoms with E-state index in [1.54, 1.807) is 42.5 Å². The van der Waals surface area contributed by atoms with Crippen molar-refractivity contribution < 1.29 is 17.9 Å². The van der Waals surface area contributed by atoms with E-state index in [1.165, 1.54) is 12.1 Å². The second kappa shape index (κ2) is 6.78. The van der Waals surface area contributed by atoms with Crippen LogP contribution in [0.4, 0.5) is 5.69 Å². The van der Waals surface area contributed by atoms with Gasteiger partial charge in [-0.2, -0.15) is 15.5 Å². The standard InChI is InChI=1S/C16H13N3O4S/c17-9-16(24(20,21)14-4-2-1-3-5-14)19-18-13-6-7-15-12(8-13)10-22-11-23-15/h1-8,16H,10-11H2/t16-/m0/s1. The molecule has 8 heteroatoms. The van der Waals surface area contributed by atoms with Gasteiger partial charge < -0.3 is 9.47 Å². The van der Waals surface area contributed by atoms with E-state index < -0.39 is 15.2 Å². The molecule has 122 valence electrons. The summed E-state index contributed by atoms with van der Waals surface area (Å²) in [5, 5.41) is 15.2. The summed E-state index contributed by atoms with van der Waals surface area (Å²) in [4.78, 5) is 0.0303. The molecule has 0 saturated heterocycles. The van der Waals surface area contributed by atoms with Crippen molar-refractivity contribution in [1.82, 2.24) is 0 Å². The van der Waals surface area contributed by atoms with E-state index in [0.29, 0.717) is 18.0 Å². The van der Waals surface area contributed by atoms with Gasteiger partial charge in [-0.05, 0) is 30.3 Å². The first-order valence-electron chi connectivity index (χ1n) is 7.04. The molecule has 0 amide bonds. The van der Waals surface area contributed by atoms with Crippen molar-refractivity contribution in [2.45, 2.75) is 16.9 Å². The van der Waals surface area contributed by atoms with Gasteiger partial charge in [0.1, 0.15) is 11.8 Å². The first kappa shape index (κ1) is 16.1. The van der Waals surface area contributed by atoms with Gasteiger partial charge in [0.15, 0.2) is 6.79 Å². The van der Waals surface area contributed by atoms with Crippen LogP contribution in [-0.4, -0.2) is 20.6 Å². The number of benzene rings is 2. The zero-order valence-corrected chi connectivity index (χ0v) is 13.3. The average molecular weight is 343 g/mol. The van der Waals surface area contributed by atoms with Gasteiger partial charge in [-0.3, -0.25) is 0 Å². The molecule has 0 aromatic heterocycles. The van der Waals surface area contributed by atoms with Crippen molar-refractivity contribution in [2.75, 3.05) is 6.79 Å². The molecule has 24 heavy (non-hydrogen) atoms. The summed E-state index contributed by atoms with van der Waals surface area (Å²) in [6.07, 6.45) is 0. The zero-order valence-electron chi connectivity index (χ0n) is 12.5. The van der Waals surface area contributed by atoms with E-state index >= 15 is 0 Å². The smallest absolute Gasteiger partial charge is 0.261 e. The van der Waals surface area contributed by atoms with Crippen molar-refractivity contribution in [1.29, 1.82) is 5.26 Å². The predicted molar refractivity (Wildman–Crippen MR) is 84.3 cm³/mol. The minimum Gasteiger partial charge on any atom is -0.467 e. The van der Waals surface area contributed by atoms with Crippen LogP contribution in [0.5, 0.6) is 5.75 Å². The van der Waals surface area contributed by atoms with Gasteiger partial charge >= 0.3 is 0 Å². The molecule has 2 aromatic rings. The molecule has 2 aromatic carbocycles. The average Bonchev–Trinajstić information content (AvgIpc) is 2.62. The van der Waals surface area contributed by atoms with Crippen LogP contribution >= 0.6 is 0 Å². The molecule has 0 unspecified atom stereocenters. The molecule has 7 nitrogen and oxygen atoms in total. The first-order valence-corrected chi connectivity index (χ1v) is 8.59. The third-order valence-electron chi connectivity index (χ3n) is 3.35. The Bertz CT molecular complexity index is 905. The largest absolute Gasteiger partial charge is 0.467 e. The molecule has 3 rings (SSSR count). The number of rotatable bonds is 4. The Labute approximate surface area is 139 Å². The molecular weight excluding hydrogens is 330 g/mol. The number of hydrogen-bond donors (Lipinski definition) is 0. The normalized spacial score (nSPS) is 15.3. The minimum atomic E-state index is -3.91. The van der Waals surface area contributed by atoms with E-state index in [-0.39, 0.29) is 11.7 Å². The SMILES string of the molecule is N#C[C@@H](N=Nc1ccc2c(c1)COCO2)S(=O)(=O)c1ccccc1. The van der Waals surface area contributed by atoms with Gasteiger partial charge in [0, 0.05) is 5.56 Å². The van der Waals surface area contributed by atoms with Gasteiger partial charge in [0.25, 0.3) is 5.37 Å². The van der Waals surface area contributed by atoms with Crippen molar-refractivity contribution >= 4 is 15.5 Å². The highest BCUT2D eigenvalue weighted by Gasteiger charge is 2.27. The van der Waals surface area contributed by atoms with Crippen LogP contribution in [0, 0.1) is 11.3 Å². The van der Waals surface area contributed by atoms with Crippen LogP contribution in [0.2, 0.25) is 0 Å².